The van der Waals surface area contributed by atoms with Crippen molar-refractivity contribution in [3.8, 4) is 22.8 Å². The number of aromatic nitrogens is 3. The predicted octanol–water partition coefficient (Wildman–Crippen LogP) is 3.55. The second-order valence-corrected chi connectivity index (χ2v) is 7.11. The molecule has 2 fully saturated rings. The van der Waals surface area contributed by atoms with Crippen LogP contribution in [0.5, 0.6) is 0 Å². The Morgan fingerprint density at radius 1 is 0.821 bits per heavy atom. The highest BCUT2D eigenvalue weighted by Crippen LogP contribution is 2.34. The second-order valence-electron chi connectivity index (χ2n) is 7.11. The number of nitrogens with zero attached hydrogens (tertiary/aromatic N) is 4. The molecule has 1 aromatic carbocycles. The number of piperidine rings is 1. The summed E-state index contributed by atoms with van der Waals surface area (Å²) >= 11 is 0. The first-order chi connectivity index (χ1) is 13.8. The number of rotatable bonds is 3. The molecular weight excluding hydrogens is 352 g/mol. The average molecular weight is 374 g/mol. The smallest absolute Gasteiger partial charge is 0.171 e. The molecule has 0 aliphatic carbocycles. The number of pyridine rings is 1. The van der Waals surface area contributed by atoms with Crippen LogP contribution in [0.3, 0.4) is 0 Å². The minimum atomic E-state index is -0.393. The predicted molar refractivity (Wildman–Crippen MR) is 107 cm³/mol. The Morgan fingerprint density at radius 2 is 1.57 bits per heavy atom. The minimum absolute atomic E-state index is 0.393. The third kappa shape index (κ3) is 3.37. The molecule has 6 nitrogen and oxygen atoms in total. The van der Waals surface area contributed by atoms with Crippen LogP contribution in [0.4, 0.5) is 5.82 Å². The van der Waals surface area contributed by atoms with Crippen molar-refractivity contribution < 1.29 is 9.47 Å². The lowest BCUT2D eigenvalue weighted by atomic mass is 10.0. The maximum atomic E-state index is 5.86. The Hall–Kier alpha value is -2.83. The zero-order valence-corrected chi connectivity index (χ0v) is 15.6. The molecule has 28 heavy (non-hydrogen) atoms. The second kappa shape index (κ2) is 7.30. The Morgan fingerprint density at radius 3 is 2.29 bits per heavy atom. The lowest BCUT2D eigenvalue weighted by Crippen LogP contribution is -2.45. The quantitative estimate of drug-likeness (QED) is 0.699. The maximum Gasteiger partial charge on any atom is 0.171 e. The van der Waals surface area contributed by atoms with Gasteiger partial charge in [0.05, 0.1) is 24.6 Å². The molecule has 6 heteroatoms. The van der Waals surface area contributed by atoms with Gasteiger partial charge in [0.1, 0.15) is 5.82 Å². The lowest BCUT2D eigenvalue weighted by Gasteiger charge is -2.38. The highest BCUT2D eigenvalue weighted by Gasteiger charge is 2.40. The van der Waals surface area contributed by atoms with Crippen LogP contribution in [0.2, 0.25) is 0 Å². The zero-order chi connectivity index (χ0) is 18.8. The van der Waals surface area contributed by atoms with E-state index in [1.165, 1.54) is 0 Å². The molecule has 2 saturated heterocycles. The molecule has 0 bridgehead atoms. The summed E-state index contributed by atoms with van der Waals surface area (Å²) in [5.41, 5.74) is 2.68. The van der Waals surface area contributed by atoms with Crippen LogP contribution in [-0.2, 0) is 9.47 Å². The van der Waals surface area contributed by atoms with Gasteiger partial charge in [-0.1, -0.05) is 36.4 Å². The summed E-state index contributed by atoms with van der Waals surface area (Å²) in [6.07, 6.45) is 3.48. The Kier molecular flexibility index (Phi) is 4.50. The molecule has 2 aliphatic rings. The van der Waals surface area contributed by atoms with Crippen molar-refractivity contribution in [1.82, 2.24) is 15.0 Å². The molecule has 2 aliphatic heterocycles. The van der Waals surface area contributed by atoms with Crippen molar-refractivity contribution >= 4 is 5.82 Å². The monoisotopic (exact) mass is 374 g/mol. The van der Waals surface area contributed by atoms with E-state index in [1.54, 1.807) is 6.20 Å². The molecule has 0 amide bonds. The molecule has 0 saturated carbocycles. The van der Waals surface area contributed by atoms with Crippen LogP contribution >= 0.6 is 0 Å². The van der Waals surface area contributed by atoms with E-state index in [9.17, 15) is 0 Å². The summed E-state index contributed by atoms with van der Waals surface area (Å²) in [5.74, 6) is 1.24. The fourth-order valence-corrected chi connectivity index (χ4v) is 3.82. The third-order valence-corrected chi connectivity index (χ3v) is 5.33. The summed E-state index contributed by atoms with van der Waals surface area (Å²) in [5, 5.41) is 0. The number of ether oxygens (including phenoxy) is 2. The molecule has 0 N–H and O–H groups in total. The van der Waals surface area contributed by atoms with Crippen LogP contribution in [-0.4, -0.2) is 47.0 Å². The Bertz CT molecular complexity index is 876. The van der Waals surface area contributed by atoms with Gasteiger partial charge in [0.15, 0.2) is 11.6 Å². The van der Waals surface area contributed by atoms with E-state index in [4.69, 9.17) is 19.4 Å². The van der Waals surface area contributed by atoms with Gasteiger partial charge in [-0.05, 0) is 12.1 Å². The van der Waals surface area contributed by atoms with E-state index in [0.717, 1.165) is 48.7 Å². The molecule has 0 unspecified atom stereocenters. The molecule has 0 atom stereocenters. The van der Waals surface area contributed by atoms with Crippen molar-refractivity contribution in [2.45, 2.75) is 18.6 Å². The average Bonchev–Trinajstić information content (AvgIpc) is 3.23. The fourth-order valence-electron chi connectivity index (χ4n) is 3.82. The highest BCUT2D eigenvalue weighted by atomic mass is 16.7. The van der Waals surface area contributed by atoms with E-state index in [0.29, 0.717) is 19.0 Å². The largest absolute Gasteiger partial charge is 0.356 e. The molecule has 142 valence electrons. The number of hydrogen-bond acceptors (Lipinski definition) is 6. The molecule has 0 radical (unpaired) electrons. The Balaban J connectivity index is 1.50. The van der Waals surface area contributed by atoms with Crippen molar-refractivity contribution in [2.24, 2.45) is 0 Å². The number of hydrogen-bond donors (Lipinski definition) is 0. The first kappa shape index (κ1) is 17.3. The molecule has 3 aromatic rings. The molecular formula is C22H22N4O2. The van der Waals surface area contributed by atoms with Crippen molar-refractivity contribution in [3.05, 3.63) is 60.8 Å². The SMILES string of the molecule is c1ccc(-c2nc(-c3ccccn3)cc(N3CCC4(CC3)OCCO4)n2)cc1. The topological polar surface area (TPSA) is 60.4 Å². The van der Waals surface area contributed by atoms with Gasteiger partial charge >= 0.3 is 0 Å². The fraction of sp³-hybridized carbons (Fsp3) is 0.318. The first-order valence-electron chi connectivity index (χ1n) is 9.70. The summed E-state index contributed by atoms with van der Waals surface area (Å²) in [4.78, 5) is 16.4. The summed E-state index contributed by atoms with van der Waals surface area (Å²) in [6.45, 7) is 3.06. The molecule has 5 rings (SSSR count). The van der Waals surface area contributed by atoms with E-state index < -0.39 is 5.79 Å². The molecule has 2 aromatic heterocycles. The van der Waals surface area contributed by atoms with E-state index >= 15 is 0 Å². The van der Waals surface area contributed by atoms with E-state index in [1.807, 2.05) is 54.6 Å². The summed E-state index contributed by atoms with van der Waals surface area (Å²) in [6, 6.07) is 18.0. The van der Waals surface area contributed by atoms with Crippen LogP contribution in [0, 0.1) is 0 Å². The van der Waals surface area contributed by atoms with Gasteiger partial charge in [-0.25, -0.2) is 9.97 Å². The van der Waals surface area contributed by atoms with Crippen LogP contribution in [0.25, 0.3) is 22.8 Å². The summed E-state index contributed by atoms with van der Waals surface area (Å²) in [7, 11) is 0. The van der Waals surface area contributed by atoms with Gasteiger partial charge in [-0.2, -0.15) is 0 Å². The first-order valence-corrected chi connectivity index (χ1v) is 9.70. The molecule has 4 heterocycles. The summed E-state index contributed by atoms with van der Waals surface area (Å²) < 4.78 is 11.7. The van der Waals surface area contributed by atoms with Gasteiger partial charge in [-0.15, -0.1) is 0 Å². The zero-order valence-electron chi connectivity index (χ0n) is 15.6. The maximum absolute atomic E-state index is 5.86. The van der Waals surface area contributed by atoms with Gasteiger partial charge in [0.25, 0.3) is 0 Å². The minimum Gasteiger partial charge on any atom is -0.356 e. The van der Waals surface area contributed by atoms with E-state index in [2.05, 4.69) is 9.88 Å². The molecule has 1 spiro atoms. The van der Waals surface area contributed by atoms with Crippen LogP contribution < -0.4 is 4.90 Å². The van der Waals surface area contributed by atoms with Gasteiger partial charge in [-0.3, -0.25) is 4.98 Å². The van der Waals surface area contributed by atoms with Gasteiger partial charge in [0.2, 0.25) is 0 Å². The van der Waals surface area contributed by atoms with Crippen molar-refractivity contribution in [1.29, 1.82) is 0 Å². The normalized spacial score (nSPS) is 18.5. The highest BCUT2D eigenvalue weighted by molar-refractivity contribution is 5.65. The Labute approximate surface area is 164 Å². The van der Waals surface area contributed by atoms with Crippen molar-refractivity contribution in [3.63, 3.8) is 0 Å². The lowest BCUT2D eigenvalue weighted by molar-refractivity contribution is -0.169. The van der Waals surface area contributed by atoms with Crippen LogP contribution in [0.1, 0.15) is 12.8 Å². The van der Waals surface area contributed by atoms with Gasteiger partial charge in [0, 0.05) is 43.8 Å². The number of anilines is 1. The standard InChI is InChI=1S/C22H22N4O2/c1-2-6-17(7-3-1)21-24-19(18-8-4-5-11-23-18)16-20(25-21)26-12-9-22(10-13-26)27-14-15-28-22/h1-8,11,16H,9-10,12-15H2. The third-order valence-electron chi connectivity index (χ3n) is 5.33. The van der Waals surface area contributed by atoms with Crippen molar-refractivity contribution in [2.75, 3.05) is 31.2 Å². The van der Waals surface area contributed by atoms with Crippen LogP contribution in [0.15, 0.2) is 60.8 Å². The number of benzene rings is 1. The van der Waals surface area contributed by atoms with E-state index in [-0.39, 0.29) is 0 Å². The van der Waals surface area contributed by atoms with Gasteiger partial charge < -0.3 is 14.4 Å².